The van der Waals surface area contributed by atoms with Gasteiger partial charge in [0.2, 0.25) is 0 Å². The molecule has 1 aliphatic carbocycles. The fourth-order valence-electron chi connectivity index (χ4n) is 3.60. The van der Waals surface area contributed by atoms with Gasteiger partial charge in [0.25, 0.3) is 0 Å². The summed E-state index contributed by atoms with van der Waals surface area (Å²) in [7, 11) is 0. The SMILES string of the molecule is CC1CCCC1(CN)N1CCSC(C)(C)CC1. The van der Waals surface area contributed by atoms with Crippen molar-refractivity contribution >= 4 is 11.8 Å². The Balaban J connectivity index is 2.10. The van der Waals surface area contributed by atoms with E-state index in [2.05, 4.69) is 37.4 Å². The molecular formula is C14H28N2S. The van der Waals surface area contributed by atoms with Crippen molar-refractivity contribution in [3.8, 4) is 0 Å². The summed E-state index contributed by atoms with van der Waals surface area (Å²) in [5, 5.41) is 0. The summed E-state index contributed by atoms with van der Waals surface area (Å²) in [5.41, 5.74) is 6.48. The fraction of sp³-hybridized carbons (Fsp3) is 1.00. The van der Waals surface area contributed by atoms with Gasteiger partial charge in [-0.1, -0.05) is 27.2 Å². The number of nitrogens with zero attached hydrogens (tertiary/aromatic N) is 1. The van der Waals surface area contributed by atoms with E-state index in [0.29, 0.717) is 10.3 Å². The van der Waals surface area contributed by atoms with E-state index in [-0.39, 0.29) is 0 Å². The van der Waals surface area contributed by atoms with E-state index in [1.807, 2.05) is 0 Å². The molecule has 2 rings (SSSR count). The van der Waals surface area contributed by atoms with Crippen molar-refractivity contribution in [3.63, 3.8) is 0 Å². The second-order valence-electron chi connectivity index (χ2n) is 6.45. The first-order valence-corrected chi connectivity index (χ1v) is 8.08. The van der Waals surface area contributed by atoms with Gasteiger partial charge in [-0.25, -0.2) is 0 Å². The second kappa shape index (κ2) is 5.10. The average Bonchev–Trinajstić information content (AvgIpc) is 2.55. The van der Waals surface area contributed by atoms with Crippen molar-refractivity contribution in [1.82, 2.24) is 4.90 Å². The Kier molecular flexibility index (Phi) is 4.11. The molecule has 2 nitrogen and oxygen atoms in total. The summed E-state index contributed by atoms with van der Waals surface area (Å²) < 4.78 is 0.451. The highest BCUT2D eigenvalue weighted by atomic mass is 32.2. The van der Waals surface area contributed by atoms with Gasteiger partial charge in [0.15, 0.2) is 0 Å². The fourth-order valence-corrected chi connectivity index (χ4v) is 4.70. The predicted molar refractivity (Wildman–Crippen MR) is 77.5 cm³/mol. The quantitative estimate of drug-likeness (QED) is 0.824. The Bertz CT molecular complexity index is 267. The standard InChI is InChI=1S/C14H28N2S/c1-12-5-4-6-14(12,11-15)16-8-7-13(2,3)17-10-9-16/h12H,4-11,15H2,1-3H3. The lowest BCUT2D eigenvalue weighted by molar-refractivity contribution is 0.0690. The number of hydrogen-bond donors (Lipinski definition) is 1. The van der Waals surface area contributed by atoms with Gasteiger partial charge in [0.1, 0.15) is 0 Å². The van der Waals surface area contributed by atoms with Crippen molar-refractivity contribution < 1.29 is 0 Å². The summed E-state index contributed by atoms with van der Waals surface area (Å²) in [6.07, 6.45) is 5.34. The predicted octanol–water partition coefficient (Wildman–Crippen LogP) is 2.72. The minimum absolute atomic E-state index is 0.320. The van der Waals surface area contributed by atoms with E-state index in [0.717, 1.165) is 12.5 Å². The Morgan fingerprint density at radius 1 is 1.29 bits per heavy atom. The van der Waals surface area contributed by atoms with Crippen LogP contribution in [0.1, 0.15) is 46.5 Å². The molecule has 3 heteroatoms. The molecule has 0 spiro atoms. The first-order valence-electron chi connectivity index (χ1n) is 7.09. The topological polar surface area (TPSA) is 29.3 Å². The first kappa shape index (κ1) is 13.7. The summed E-state index contributed by atoms with van der Waals surface area (Å²) in [5.74, 6) is 2.04. The number of hydrogen-bond acceptors (Lipinski definition) is 3. The van der Waals surface area contributed by atoms with E-state index in [4.69, 9.17) is 5.73 Å². The van der Waals surface area contributed by atoms with Crippen LogP contribution in [0.25, 0.3) is 0 Å². The third kappa shape index (κ3) is 2.66. The van der Waals surface area contributed by atoms with Crippen LogP contribution in [0.5, 0.6) is 0 Å². The largest absolute Gasteiger partial charge is 0.329 e. The Labute approximate surface area is 111 Å². The third-order valence-corrected chi connectivity index (χ3v) is 6.36. The van der Waals surface area contributed by atoms with Crippen LogP contribution in [0.2, 0.25) is 0 Å². The van der Waals surface area contributed by atoms with Crippen molar-refractivity contribution in [1.29, 1.82) is 0 Å². The summed E-state index contributed by atoms with van der Waals surface area (Å²) in [4.78, 5) is 2.73. The second-order valence-corrected chi connectivity index (χ2v) is 8.25. The van der Waals surface area contributed by atoms with Crippen LogP contribution in [-0.2, 0) is 0 Å². The zero-order chi connectivity index (χ0) is 12.5. The van der Waals surface area contributed by atoms with Crippen LogP contribution in [0.4, 0.5) is 0 Å². The zero-order valence-electron chi connectivity index (χ0n) is 11.7. The van der Waals surface area contributed by atoms with Crippen LogP contribution < -0.4 is 5.73 Å². The molecule has 1 heterocycles. The van der Waals surface area contributed by atoms with Crippen LogP contribution in [-0.4, -0.2) is 40.6 Å². The molecule has 2 fully saturated rings. The van der Waals surface area contributed by atoms with Gasteiger partial charge in [-0.15, -0.1) is 0 Å². The van der Waals surface area contributed by atoms with E-state index < -0.39 is 0 Å². The molecule has 0 aromatic carbocycles. The lowest BCUT2D eigenvalue weighted by Gasteiger charge is -2.43. The maximum atomic E-state index is 6.16. The normalized spacial score (nSPS) is 39.2. The maximum absolute atomic E-state index is 6.16. The van der Waals surface area contributed by atoms with Crippen molar-refractivity contribution in [3.05, 3.63) is 0 Å². The summed E-state index contributed by atoms with van der Waals surface area (Å²) >= 11 is 2.13. The number of thioether (sulfide) groups is 1. The van der Waals surface area contributed by atoms with E-state index >= 15 is 0 Å². The lowest BCUT2D eigenvalue weighted by Crippen LogP contribution is -2.56. The monoisotopic (exact) mass is 256 g/mol. The molecule has 17 heavy (non-hydrogen) atoms. The minimum Gasteiger partial charge on any atom is -0.329 e. The average molecular weight is 256 g/mol. The molecule has 0 amide bonds. The molecule has 2 N–H and O–H groups in total. The van der Waals surface area contributed by atoms with Gasteiger partial charge in [0.05, 0.1) is 0 Å². The van der Waals surface area contributed by atoms with Gasteiger partial charge in [-0.2, -0.15) is 11.8 Å². The van der Waals surface area contributed by atoms with Crippen molar-refractivity contribution in [2.45, 2.75) is 56.7 Å². The van der Waals surface area contributed by atoms with Crippen LogP contribution >= 0.6 is 11.8 Å². The Hall–Kier alpha value is 0.270. The molecule has 0 aromatic rings. The van der Waals surface area contributed by atoms with Crippen molar-refractivity contribution in [2.24, 2.45) is 11.7 Å². The third-order valence-electron chi connectivity index (χ3n) is 4.99. The minimum atomic E-state index is 0.320. The highest BCUT2D eigenvalue weighted by Gasteiger charge is 2.44. The zero-order valence-corrected chi connectivity index (χ0v) is 12.5. The smallest absolute Gasteiger partial charge is 0.0357 e. The summed E-state index contributed by atoms with van der Waals surface area (Å²) in [6.45, 7) is 10.5. The van der Waals surface area contributed by atoms with Gasteiger partial charge >= 0.3 is 0 Å². The molecule has 1 saturated carbocycles. The maximum Gasteiger partial charge on any atom is 0.0357 e. The molecule has 2 atom stereocenters. The molecule has 1 saturated heterocycles. The van der Waals surface area contributed by atoms with Crippen molar-refractivity contribution in [2.75, 3.05) is 25.4 Å². The van der Waals surface area contributed by atoms with Gasteiger partial charge in [0, 0.05) is 35.7 Å². The molecule has 0 radical (unpaired) electrons. The van der Waals surface area contributed by atoms with Crippen LogP contribution in [0.3, 0.4) is 0 Å². The molecule has 1 aliphatic heterocycles. The molecule has 2 unspecified atom stereocenters. The molecule has 0 aromatic heterocycles. The van der Waals surface area contributed by atoms with Crippen LogP contribution in [0, 0.1) is 5.92 Å². The van der Waals surface area contributed by atoms with Gasteiger partial charge in [-0.3, -0.25) is 4.90 Å². The van der Waals surface area contributed by atoms with E-state index in [1.54, 1.807) is 0 Å². The first-order chi connectivity index (χ1) is 8.00. The molecular weight excluding hydrogens is 228 g/mol. The molecule has 0 bridgehead atoms. The number of rotatable bonds is 2. The Morgan fingerprint density at radius 3 is 2.65 bits per heavy atom. The number of nitrogens with two attached hydrogens (primary N) is 1. The van der Waals surface area contributed by atoms with E-state index in [9.17, 15) is 0 Å². The molecule has 100 valence electrons. The van der Waals surface area contributed by atoms with Gasteiger partial charge < -0.3 is 5.73 Å². The van der Waals surface area contributed by atoms with E-state index in [1.165, 1.54) is 44.5 Å². The van der Waals surface area contributed by atoms with Gasteiger partial charge in [-0.05, 0) is 25.2 Å². The lowest BCUT2D eigenvalue weighted by atomic mass is 9.86. The highest BCUT2D eigenvalue weighted by molar-refractivity contribution is 8.00. The summed E-state index contributed by atoms with van der Waals surface area (Å²) in [6, 6.07) is 0. The highest BCUT2D eigenvalue weighted by Crippen LogP contribution is 2.42. The van der Waals surface area contributed by atoms with Crippen LogP contribution in [0.15, 0.2) is 0 Å². The Morgan fingerprint density at radius 2 is 2.06 bits per heavy atom. The molecule has 2 aliphatic rings.